The molecule has 7 heteroatoms. The molecule has 0 amide bonds. The van der Waals surface area contributed by atoms with Gasteiger partial charge in [-0.25, -0.2) is 0 Å². The van der Waals surface area contributed by atoms with Gasteiger partial charge in [0.2, 0.25) is 0 Å². The summed E-state index contributed by atoms with van der Waals surface area (Å²) in [7, 11) is 0. The molecule has 1 rings (SSSR count). The Bertz CT molecular complexity index is 199. The predicted octanol–water partition coefficient (Wildman–Crippen LogP) is 0.520. The highest BCUT2D eigenvalue weighted by Gasteiger charge is 1.57. The Morgan fingerprint density at radius 3 is 0.727 bits per heavy atom. The largest absolute Gasteiger partial charge is 0.397 e. The van der Waals surface area contributed by atoms with Gasteiger partial charge in [-0.05, 0) is 27.7 Å². The Kier molecular flexibility index (Phi) is 74.3. The summed E-state index contributed by atoms with van der Waals surface area (Å²) in [6.07, 6.45) is 0. The molecule has 1 aromatic carbocycles. The standard InChI is InChI=1S/C6H6.4C2H6O.CH5N3/c1-2-4-6-5-3-1;4*1-2-3;2-1(3)4/h1-6H;4*3H,2H2,1H3;(H5,2,3,4). The maximum atomic E-state index is 7.57. The molecule has 0 aliphatic carbocycles. The summed E-state index contributed by atoms with van der Waals surface area (Å²) < 4.78 is 0. The van der Waals surface area contributed by atoms with Gasteiger partial charge in [-0.2, -0.15) is 0 Å². The van der Waals surface area contributed by atoms with Crippen LogP contribution in [0.3, 0.4) is 0 Å². The number of hydrogen-bond acceptors (Lipinski definition) is 5. The average molecular weight is 321 g/mol. The zero-order chi connectivity index (χ0) is 18.6. The van der Waals surface area contributed by atoms with Crippen LogP contribution in [0.4, 0.5) is 0 Å². The van der Waals surface area contributed by atoms with Crippen molar-refractivity contribution in [3.63, 3.8) is 0 Å². The van der Waals surface area contributed by atoms with Gasteiger partial charge >= 0.3 is 0 Å². The zero-order valence-corrected chi connectivity index (χ0v) is 14.2. The first-order valence-corrected chi connectivity index (χ1v) is 6.92. The van der Waals surface area contributed by atoms with Crippen molar-refractivity contribution >= 4 is 5.96 Å². The summed E-state index contributed by atoms with van der Waals surface area (Å²) in [5.74, 6) is -0.333. The van der Waals surface area contributed by atoms with Crippen LogP contribution < -0.4 is 11.5 Å². The number of nitrogens with two attached hydrogens (primary N) is 2. The van der Waals surface area contributed by atoms with E-state index in [2.05, 4.69) is 11.5 Å². The van der Waals surface area contributed by atoms with Crippen LogP contribution in [0, 0.1) is 5.41 Å². The topological polar surface area (TPSA) is 157 Å². The first-order valence-electron chi connectivity index (χ1n) is 6.92. The molecule has 0 bridgehead atoms. The van der Waals surface area contributed by atoms with Gasteiger partial charge in [0.1, 0.15) is 0 Å². The second kappa shape index (κ2) is 50.6. The van der Waals surface area contributed by atoms with Crippen LogP contribution in [0.1, 0.15) is 27.7 Å². The van der Waals surface area contributed by atoms with E-state index in [0.29, 0.717) is 0 Å². The van der Waals surface area contributed by atoms with Gasteiger partial charge in [0, 0.05) is 26.4 Å². The Morgan fingerprint density at radius 2 is 0.682 bits per heavy atom. The number of guanidine groups is 1. The summed E-state index contributed by atoms with van der Waals surface area (Å²) >= 11 is 0. The highest BCUT2D eigenvalue weighted by Crippen LogP contribution is 1.79. The van der Waals surface area contributed by atoms with Crippen LogP contribution in [0.5, 0.6) is 0 Å². The van der Waals surface area contributed by atoms with Gasteiger partial charge in [0.25, 0.3) is 0 Å². The van der Waals surface area contributed by atoms with Crippen molar-refractivity contribution in [1.29, 1.82) is 5.41 Å². The van der Waals surface area contributed by atoms with E-state index in [4.69, 9.17) is 25.8 Å². The van der Waals surface area contributed by atoms with Crippen molar-refractivity contribution in [3.8, 4) is 0 Å². The number of benzene rings is 1. The lowest BCUT2D eigenvalue weighted by molar-refractivity contribution is 0.318. The van der Waals surface area contributed by atoms with E-state index in [9.17, 15) is 0 Å². The minimum Gasteiger partial charge on any atom is -0.397 e. The molecule has 7 nitrogen and oxygen atoms in total. The van der Waals surface area contributed by atoms with Crippen molar-refractivity contribution < 1.29 is 20.4 Å². The number of aliphatic hydroxyl groups is 4. The average Bonchev–Trinajstić information content (AvgIpc) is 2.43. The molecule has 0 radical (unpaired) electrons. The molecule has 0 aliphatic heterocycles. The van der Waals surface area contributed by atoms with Crippen LogP contribution in [-0.2, 0) is 0 Å². The number of hydrogen-bond donors (Lipinski definition) is 7. The van der Waals surface area contributed by atoms with Crippen LogP contribution in [0.25, 0.3) is 0 Å². The summed E-state index contributed by atoms with van der Waals surface area (Å²) in [6, 6.07) is 12.0. The summed E-state index contributed by atoms with van der Waals surface area (Å²) in [5, 5.41) is 36.3. The molecule has 0 heterocycles. The molecule has 0 spiro atoms. The highest BCUT2D eigenvalue weighted by atomic mass is 16.3. The van der Waals surface area contributed by atoms with Gasteiger partial charge in [0.15, 0.2) is 5.96 Å². The van der Waals surface area contributed by atoms with E-state index < -0.39 is 0 Å². The first kappa shape index (κ1) is 32.3. The van der Waals surface area contributed by atoms with Crippen molar-refractivity contribution in [1.82, 2.24) is 0 Å². The fraction of sp³-hybridized carbons (Fsp3) is 0.533. The third kappa shape index (κ3) is 294. The fourth-order valence-electron chi connectivity index (χ4n) is 0.385. The number of rotatable bonds is 0. The maximum Gasteiger partial charge on any atom is 0.183 e. The van der Waals surface area contributed by atoms with Crippen molar-refractivity contribution in [2.75, 3.05) is 26.4 Å². The molecule has 0 saturated heterocycles. The van der Waals surface area contributed by atoms with Gasteiger partial charge in [0.05, 0.1) is 0 Å². The van der Waals surface area contributed by atoms with Gasteiger partial charge in [-0.1, -0.05) is 36.4 Å². The second-order valence-electron chi connectivity index (χ2n) is 2.87. The summed E-state index contributed by atoms with van der Waals surface area (Å²) in [6.45, 7) is 7.72. The second-order valence-corrected chi connectivity index (χ2v) is 2.87. The van der Waals surface area contributed by atoms with E-state index in [1.807, 2.05) is 36.4 Å². The molecule has 22 heavy (non-hydrogen) atoms. The molecule has 0 fully saturated rings. The molecule has 0 unspecified atom stereocenters. The van der Waals surface area contributed by atoms with E-state index in [0.717, 1.165) is 0 Å². The molecule has 134 valence electrons. The van der Waals surface area contributed by atoms with Gasteiger partial charge in [-0.3, -0.25) is 5.41 Å². The molecular formula is C15H35N3O4. The quantitative estimate of drug-likeness (QED) is 0.273. The van der Waals surface area contributed by atoms with E-state index in [1.54, 1.807) is 27.7 Å². The molecular weight excluding hydrogens is 286 g/mol. The minimum atomic E-state index is -0.333. The fourth-order valence-corrected chi connectivity index (χ4v) is 0.385. The highest BCUT2D eigenvalue weighted by molar-refractivity contribution is 5.71. The molecule has 0 saturated carbocycles. The SMILES string of the molecule is CCO.CCO.CCO.CCO.N=C(N)N.c1ccccc1. The van der Waals surface area contributed by atoms with E-state index in [-0.39, 0.29) is 32.4 Å². The van der Waals surface area contributed by atoms with E-state index >= 15 is 0 Å². The third-order valence-corrected chi connectivity index (χ3v) is 0.667. The molecule has 0 aliphatic rings. The van der Waals surface area contributed by atoms with Crippen molar-refractivity contribution in [3.05, 3.63) is 36.4 Å². The third-order valence-electron chi connectivity index (χ3n) is 0.667. The van der Waals surface area contributed by atoms with Crippen LogP contribution in [0.2, 0.25) is 0 Å². The molecule has 1 aromatic rings. The lowest BCUT2D eigenvalue weighted by Crippen LogP contribution is -2.20. The van der Waals surface area contributed by atoms with Crippen molar-refractivity contribution in [2.45, 2.75) is 27.7 Å². The smallest absolute Gasteiger partial charge is 0.183 e. The first-order chi connectivity index (χ1) is 10.4. The number of nitrogens with one attached hydrogen (secondary N) is 1. The van der Waals surface area contributed by atoms with Gasteiger partial charge in [-0.15, -0.1) is 0 Å². The van der Waals surface area contributed by atoms with Crippen LogP contribution in [-0.4, -0.2) is 52.8 Å². The van der Waals surface area contributed by atoms with Gasteiger partial charge < -0.3 is 31.9 Å². The minimum absolute atomic E-state index is 0.250. The lowest BCUT2D eigenvalue weighted by atomic mass is 10.4. The monoisotopic (exact) mass is 321 g/mol. The molecule has 9 N–H and O–H groups in total. The maximum absolute atomic E-state index is 7.57. The van der Waals surface area contributed by atoms with Crippen LogP contribution >= 0.6 is 0 Å². The van der Waals surface area contributed by atoms with Crippen LogP contribution in [0.15, 0.2) is 36.4 Å². The molecule has 0 aromatic heterocycles. The Morgan fingerprint density at radius 1 is 0.636 bits per heavy atom. The molecule has 0 atom stereocenters. The zero-order valence-electron chi connectivity index (χ0n) is 14.2. The lowest BCUT2D eigenvalue weighted by Gasteiger charge is -1.69. The number of aliphatic hydroxyl groups excluding tert-OH is 4. The predicted molar refractivity (Wildman–Crippen MR) is 93.6 cm³/mol. The Balaban J connectivity index is -0.0000000546. The Labute approximate surface area is 134 Å². The summed E-state index contributed by atoms with van der Waals surface area (Å²) in [5.41, 5.74) is 8.94. The Hall–Kier alpha value is -1.67. The summed E-state index contributed by atoms with van der Waals surface area (Å²) in [4.78, 5) is 0. The van der Waals surface area contributed by atoms with E-state index in [1.165, 1.54) is 0 Å². The van der Waals surface area contributed by atoms with Crippen molar-refractivity contribution in [2.24, 2.45) is 11.5 Å². The normalized spacial score (nSPS) is 6.55.